The molecule has 5 rings (SSSR count). The Morgan fingerprint density at radius 3 is 1.57 bits per heavy atom. The summed E-state index contributed by atoms with van der Waals surface area (Å²) in [5.41, 5.74) is 5.91. The van der Waals surface area contributed by atoms with Crippen LogP contribution in [0, 0.1) is 27.7 Å². The number of aryl methyl sites for hydroxylation is 4. The van der Waals surface area contributed by atoms with E-state index in [1.807, 2.05) is 0 Å². The highest BCUT2D eigenvalue weighted by atomic mass is 32.2. The van der Waals surface area contributed by atoms with Gasteiger partial charge in [-0.2, -0.15) is 8.42 Å². The second-order valence-corrected chi connectivity index (χ2v) is 12.6. The molecule has 8 heteroatoms. The van der Waals surface area contributed by atoms with Crippen LogP contribution >= 0.6 is 11.3 Å². The van der Waals surface area contributed by atoms with Crippen molar-refractivity contribution in [3.63, 3.8) is 0 Å². The van der Waals surface area contributed by atoms with Gasteiger partial charge in [0.1, 0.15) is 13.2 Å². The first-order valence-corrected chi connectivity index (χ1v) is 15.6. The average molecular weight is 582 g/mol. The number of benzene rings is 3. The fraction of sp³-hybridized carbons (Fsp3) is 0.312. The monoisotopic (exact) mass is 581 g/mol. The molecular formula is C32H39NO5S2. The molecule has 40 heavy (non-hydrogen) atoms. The van der Waals surface area contributed by atoms with Crippen LogP contribution in [0.1, 0.15) is 52.6 Å². The quantitative estimate of drug-likeness (QED) is 0.230. The molecule has 0 fully saturated rings. The van der Waals surface area contributed by atoms with Crippen molar-refractivity contribution in [2.24, 2.45) is 0 Å². The van der Waals surface area contributed by atoms with E-state index in [1.165, 1.54) is 33.0 Å². The lowest BCUT2D eigenvalue weighted by molar-refractivity contribution is 0.171. The van der Waals surface area contributed by atoms with Crippen LogP contribution < -0.4 is 14.8 Å². The Labute approximate surface area is 242 Å². The van der Waals surface area contributed by atoms with Crippen molar-refractivity contribution >= 4 is 32.8 Å². The maximum Gasteiger partial charge on any atom is 0.294 e. The van der Waals surface area contributed by atoms with Gasteiger partial charge in [0.25, 0.3) is 10.1 Å². The maximum atomic E-state index is 10.7. The third-order valence-electron chi connectivity index (χ3n) is 6.48. The average Bonchev–Trinajstić information content (AvgIpc) is 3.24. The summed E-state index contributed by atoms with van der Waals surface area (Å²) in [7, 11) is -4.05. The molecule has 4 aromatic rings. The largest absolute Gasteiger partial charge is 0.485 e. The molecular weight excluding hydrogens is 542 g/mol. The Hall–Kier alpha value is -3.33. The molecule has 1 unspecified atom stereocenters. The Balaban J connectivity index is 0.000000167. The molecule has 214 valence electrons. The van der Waals surface area contributed by atoms with Gasteiger partial charge in [0, 0.05) is 21.1 Å². The molecule has 0 aliphatic carbocycles. The highest BCUT2D eigenvalue weighted by Crippen LogP contribution is 2.42. The van der Waals surface area contributed by atoms with Crippen LogP contribution in [0.5, 0.6) is 11.5 Å². The Morgan fingerprint density at radius 2 is 1.20 bits per heavy atom. The molecule has 0 amide bonds. The lowest BCUT2D eigenvalue weighted by atomic mass is 9.99. The zero-order valence-electron chi connectivity index (χ0n) is 24.0. The predicted molar refractivity (Wildman–Crippen MR) is 165 cm³/mol. The molecule has 1 aromatic heterocycles. The number of rotatable bonds is 5. The van der Waals surface area contributed by atoms with Crippen LogP contribution in [0.25, 0.3) is 0 Å². The van der Waals surface area contributed by atoms with Crippen LogP contribution in [-0.4, -0.2) is 26.2 Å². The van der Waals surface area contributed by atoms with Gasteiger partial charge in [-0.1, -0.05) is 61.4 Å². The summed E-state index contributed by atoms with van der Waals surface area (Å²) in [6.45, 7) is 13.8. The van der Waals surface area contributed by atoms with Crippen molar-refractivity contribution in [1.29, 1.82) is 0 Å². The van der Waals surface area contributed by atoms with Gasteiger partial charge in [-0.05, 0) is 82.0 Å². The van der Waals surface area contributed by atoms with Crippen molar-refractivity contribution in [3.05, 3.63) is 99.2 Å². The molecule has 6 nitrogen and oxygen atoms in total. The molecule has 0 spiro atoms. The molecule has 0 saturated carbocycles. The fourth-order valence-electron chi connectivity index (χ4n) is 3.91. The summed E-state index contributed by atoms with van der Waals surface area (Å²) in [4.78, 5) is 2.39. The Bertz CT molecular complexity index is 1390. The van der Waals surface area contributed by atoms with Crippen LogP contribution in [0.4, 0.5) is 11.4 Å². The van der Waals surface area contributed by atoms with Crippen molar-refractivity contribution in [1.82, 2.24) is 0 Å². The van der Waals surface area contributed by atoms with Gasteiger partial charge in [-0.3, -0.25) is 4.55 Å². The fourth-order valence-corrected chi connectivity index (χ4v) is 5.34. The number of anilines is 2. The number of ether oxygens (including phenoxy) is 2. The number of hydrogen-bond donors (Lipinski definition) is 2. The summed E-state index contributed by atoms with van der Waals surface area (Å²) in [5, 5.41) is 3.36. The molecule has 2 N–H and O–H groups in total. The Morgan fingerprint density at radius 1 is 0.775 bits per heavy atom. The summed E-state index contributed by atoms with van der Waals surface area (Å²) in [6.07, 6.45) is 1.01. The summed E-state index contributed by atoms with van der Waals surface area (Å²) < 4.78 is 41.1. The highest BCUT2D eigenvalue weighted by molar-refractivity contribution is 7.85. The lowest BCUT2D eigenvalue weighted by Gasteiger charge is -2.15. The van der Waals surface area contributed by atoms with Gasteiger partial charge in [-0.15, -0.1) is 11.3 Å². The smallest absolute Gasteiger partial charge is 0.294 e. The third-order valence-corrected chi connectivity index (χ3v) is 8.33. The predicted octanol–water partition coefficient (Wildman–Crippen LogP) is 8.63. The van der Waals surface area contributed by atoms with E-state index in [1.54, 1.807) is 23.5 Å². The molecule has 0 saturated heterocycles. The van der Waals surface area contributed by atoms with E-state index in [4.69, 9.17) is 14.0 Å². The second-order valence-electron chi connectivity index (χ2n) is 9.78. The SMILES string of the molecule is CCC(C)c1ccc(S(=O)(=O)O)cc1.Cc1ccc(Nc2ccc(C)cc2)cc1.Cc1sc(C)c2c1OCCO2. The van der Waals surface area contributed by atoms with Crippen LogP contribution in [0.2, 0.25) is 0 Å². The summed E-state index contributed by atoms with van der Waals surface area (Å²) >= 11 is 1.74. The van der Waals surface area contributed by atoms with E-state index in [2.05, 4.69) is 95.4 Å². The number of hydrogen-bond acceptors (Lipinski definition) is 6. The zero-order chi connectivity index (χ0) is 29.3. The first-order valence-electron chi connectivity index (χ1n) is 13.3. The van der Waals surface area contributed by atoms with Crippen LogP contribution in [0.15, 0.2) is 77.7 Å². The summed E-state index contributed by atoms with van der Waals surface area (Å²) in [5.74, 6) is 2.32. The maximum absolute atomic E-state index is 10.7. The van der Waals surface area contributed by atoms with Gasteiger partial charge in [0.2, 0.25) is 0 Å². The Kier molecular flexibility index (Phi) is 11.2. The number of thiophene rings is 1. The minimum Gasteiger partial charge on any atom is -0.485 e. The molecule has 2 heterocycles. The van der Waals surface area contributed by atoms with E-state index < -0.39 is 10.1 Å². The number of fused-ring (bicyclic) bond motifs is 1. The molecule has 1 aliphatic rings. The van der Waals surface area contributed by atoms with Gasteiger partial charge in [0.05, 0.1) is 4.90 Å². The third kappa shape index (κ3) is 9.11. The molecule has 0 radical (unpaired) electrons. The van der Waals surface area contributed by atoms with Crippen LogP contribution in [0.3, 0.4) is 0 Å². The van der Waals surface area contributed by atoms with E-state index in [9.17, 15) is 8.42 Å². The lowest BCUT2D eigenvalue weighted by Crippen LogP contribution is -2.14. The second kappa shape index (κ2) is 14.3. The van der Waals surface area contributed by atoms with Gasteiger partial charge < -0.3 is 14.8 Å². The van der Waals surface area contributed by atoms with E-state index >= 15 is 0 Å². The first-order chi connectivity index (χ1) is 19.0. The van der Waals surface area contributed by atoms with E-state index in [0.29, 0.717) is 19.1 Å². The molecule has 3 aromatic carbocycles. The standard InChI is InChI=1S/C14H15N.C10H14O3S.C8H10O2S/c1-11-3-7-13(8-4-11)15-14-9-5-12(2)6-10-14;1-3-8(2)9-4-6-10(7-5-9)14(11,12)13;1-5-7-8(6(2)11-5)10-4-3-9-7/h3-10,15H,1-2H3;4-8H,3H2,1-2H3,(H,11,12,13);3-4H2,1-2H3. The zero-order valence-corrected chi connectivity index (χ0v) is 25.7. The minimum absolute atomic E-state index is 0.0513. The molecule has 1 atom stereocenters. The van der Waals surface area contributed by atoms with E-state index in [-0.39, 0.29) is 4.90 Å². The minimum atomic E-state index is -4.05. The van der Waals surface area contributed by atoms with Gasteiger partial charge in [-0.25, -0.2) is 0 Å². The molecule has 1 aliphatic heterocycles. The van der Waals surface area contributed by atoms with Gasteiger partial charge >= 0.3 is 0 Å². The highest BCUT2D eigenvalue weighted by Gasteiger charge is 2.19. The topological polar surface area (TPSA) is 84.9 Å². The van der Waals surface area contributed by atoms with Gasteiger partial charge in [0.15, 0.2) is 11.5 Å². The normalized spacial score (nSPS) is 12.8. The molecule has 0 bridgehead atoms. The van der Waals surface area contributed by atoms with Crippen LogP contribution in [-0.2, 0) is 10.1 Å². The van der Waals surface area contributed by atoms with E-state index in [0.717, 1.165) is 34.9 Å². The summed E-state index contributed by atoms with van der Waals surface area (Å²) in [6, 6.07) is 23.1. The van der Waals surface area contributed by atoms with Crippen molar-refractivity contribution in [2.45, 2.75) is 58.8 Å². The van der Waals surface area contributed by atoms with Crippen molar-refractivity contribution in [2.75, 3.05) is 18.5 Å². The first kappa shape index (κ1) is 31.2. The number of nitrogens with one attached hydrogen (secondary N) is 1. The van der Waals surface area contributed by atoms with Crippen molar-refractivity contribution < 1.29 is 22.4 Å². The van der Waals surface area contributed by atoms with Crippen molar-refractivity contribution in [3.8, 4) is 11.5 Å².